The molecule has 0 aliphatic carbocycles. The molecule has 1 aliphatic heterocycles. The first-order chi connectivity index (χ1) is 9.08. The van der Waals surface area contributed by atoms with Gasteiger partial charge in [0.25, 0.3) is 0 Å². The Morgan fingerprint density at radius 2 is 1.89 bits per heavy atom. The molecule has 1 atom stereocenters. The van der Waals surface area contributed by atoms with Crippen molar-refractivity contribution in [2.24, 2.45) is 0 Å². The first kappa shape index (κ1) is 14.5. The highest BCUT2D eigenvalue weighted by Gasteiger charge is 2.17. The second-order valence-corrected chi connectivity index (χ2v) is 5.72. The van der Waals surface area contributed by atoms with Crippen LogP contribution in [0.3, 0.4) is 0 Å². The molecule has 1 aliphatic rings. The number of anilines is 1. The normalized spacial score (nSPS) is 18.3. The van der Waals surface area contributed by atoms with Gasteiger partial charge in [-0.3, -0.25) is 4.90 Å². The standard InChI is InChI=1S/C14H23ClN4/c1-10(19-7-5-4-6-8-19)9-16-14-11(2)13(15)17-12(3)18-14/h10H,4-9H2,1-3H3,(H,16,17,18). The maximum atomic E-state index is 6.08. The molecule has 19 heavy (non-hydrogen) atoms. The minimum absolute atomic E-state index is 0.522. The molecule has 1 N–H and O–H groups in total. The highest BCUT2D eigenvalue weighted by molar-refractivity contribution is 6.30. The number of hydrogen-bond donors (Lipinski definition) is 1. The molecule has 1 aromatic rings. The average Bonchev–Trinajstić information content (AvgIpc) is 2.41. The van der Waals surface area contributed by atoms with Gasteiger partial charge in [0.1, 0.15) is 16.8 Å². The van der Waals surface area contributed by atoms with E-state index in [0.29, 0.717) is 17.0 Å². The molecule has 1 unspecified atom stereocenters. The Labute approximate surface area is 120 Å². The van der Waals surface area contributed by atoms with E-state index in [1.54, 1.807) is 0 Å². The summed E-state index contributed by atoms with van der Waals surface area (Å²) in [6, 6.07) is 0.522. The Morgan fingerprint density at radius 3 is 2.58 bits per heavy atom. The molecular weight excluding hydrogens is 260 g/mol. The van der Waals surface area contributed by atoms with Gasteiger partial charge in [0, 0.05) is 18.2 Å². The molecule has 0 bridgehead atoms. The van der Waals surface area contributed by atoms with Crippen molar-refractivity contribution in [3.05, 3.63) is 16.5 Å². The van der Waals surface area contributed by atoms with E-state index in [9.17, 15) is 0 Å². The molecule has 0 saturated carbocycles. The lowest BCUT2D eigenvalue weighted by Gasteiger charge is -2.32. The number of aromatic nitrogens is 2. The van der Waals surface area contributed by atoms with Crippen LogP contribution in [0.5, 0.6) is 0 Å². The summed E-state index contributed by atoms with van der Waals surface area (Å²) in [6.07, 6.45) is 4.01. The number of nitrogens with one attached hydrogen (secondary N) is 1. The Hall–Kier alpha value is -0.870. The molecule has 2 rings (SSSR count). The molecule has 2 heterocycles. The van der Waals surface area contributed by atoms with Crippen molar-refractivity contribution in [3.63, 3.8) is 0 Å². The van der Waals surface area contributed by atoms with Crippen molar-refractivity contribution in [1.29, 1.82) is 0 Å². The molecule has 0 amide bonds. The number of nitrogens with zero attached hydrogens (tertiary/aromatic N) is 3. The number of aryl methyl sites for hydroxylation is 1. The predicted octanol–water partition coefficient (Wildman–Crippen LogP) is 3.03. The third kappa shape index (κ3) is 3.80. The molecule has 0 radical (unpaired) electrons. The minimum atomic E-state index is 0.522. The zero-order valence-electron chi connectivity index (χ0n) is 12.0. The van der Waals surface area contributed by atoms with E-state index in [2.05, 4.69) is 27.1 Å². The largest absolute Gasteiger partial charge is 0.368 e. The van der Waals surface area contributed by atoms with E-state index in [4.69, 9.17) is 11.6 Å². The summed E-state index contributed by atoms with van der Waals surface area (Å²) in [5.74, 6) is 1.57. The first-order valence-corrected chi connectivity index (χ1v) is 7.44. The molecule has 1 fully saturated rings. The maximum Gasteiger partial charge on any atom is 0.137 e. The zero-order chi connectivity index (χ0) is 13.8. The van der Waals surface area contributed by atoms with Gasteiger partial charge in [0.15, 0.2) is 0 Å². The van der Waals surface area contributed by atoms with Gasteiger partial charge in [-0.05, 0) is 46.7 Å². The van der Waals surface area contributed by atoms with Crippen molar-refractivity contribution in [1.82, 2.24) is 14.9 Å². The summed E-state index contributed by atoms with van der Waals surface area (Å²) in [5, 5.41) is 3.96. The van der Waals surface area contributed by atoms with Crippen LogP contribution in [0.2, 0.25) is 5.15 Å². The van der Waals surface area contributed by atoms with Crippen molar-refractivity contribution < 1.29 is 0 Å². The van der Waals surface area contributed by atoms with Crippen molar-refractivity contribution >= 4 is 17.4 Å². The van der Waals surface area contributed by atoms with Crippen LogP contribution in [0.1, 0.15) is 37.6 Å². The van der Waals surface area contributed by atoms with Crippen LogP contribution in [0.15, 0.2) is 0 Å². The quantitative estimate of drug-likeness (QED) is 0.862. The predicted molar refractivity (Wildman–Crippen MR) is 79.9 cm³/mol. The van der Waals surface area contributed by atoms with Gasteiger partial charge >= 0.3 is 0 Å². The Kier molecular flexibility index (Phi) is 4.99. The highest BCUT2D eigenvalue weighted by atomic mass is 35.5. The Bertz CT molecular complexity index is 430. The van der Waals surface area contributed by atoms with Crippen molar-refractivity contribution in [3.8, 4) is 0 Å². The van der Waals surface area contributed by atoms with Gasteiger partial charge in [-0.1, -0.05) is 18.0 Å². The summed E-state index contributed by atoms with van der Waals surface area (Å²) in [5.41, 5.74) is 0.929. The summed E-state index contributed by atoms with van der Waals surface area (Å²) >= 11 is 6.08. The van der Waals surface area contributed by atoms with E-state index in [1.165, 1.54) is 32.4 Å². The van der Waals surface area contributed by atoms with Crippen LogP contribution >= 0.6 is 11.6 Å². The Morgan fingerprint density at radius 1 is 1.21 bits per heavy atom. The second kappa shape index (κ2) is 6.53. The monoisotopic (exact) mass is 282 g/mol. The van der Waals surface area contributed by atoms with Gasteiger partial charge in [0.05, 0.1) is 0 Å². The fraction of sp³-hybridized carbons (Fsp3) is 0.714. The summed E-state index contributed by atoms with van der Waals surface area (Å²) < 4.78 is 0. The molecule has 0 aromatic carbocycles. The van der Waals surface area contributed by atoms with Gasteiger partial charge in [-0.2, -0.15) is 0 Å². The number of hydrogen-bond acceptors (Lipinski definition) is 4. The zero-order valence-corrected chi connectivity index (χ0v) is 12.8. The van der Waals surface area contributed by atoms with Crippen molar-refractivity contribution in [2.75, 3.05) is 25.0 Å². The molecule has 1 saturated heterocycles. The average molecular weight is 283 g/mol. The number of halogens is 1. The second-order valence-electron chi connectivity index (χ2n) is 5.36. The van der Waals surface area contributed by atoms with E-state index in [1.807, 2.05) is 13.8 Å². The van der Waals surface area contributed by atoms with Gasteiger partial charge < -0.3 is 5.32 Å². The fourth-order valence-electron chi connectivity index (χ4n) is 2.50. The third-order valence-electron chi connectivity index (χ3n) is 3.78. The van der Waals surface area contributed by atoms with Gasteiger partial charge in [-0.15, -0.1) is 0 Å². The van der Waals surface area contributed by atoms with Gasteiger partial charge in [0.2, 0.25) is 0 Å². The van der Waals surface area contributed by atoms with Crippen LogP contribution in [-0.4, -0.2) is 40.5 Å². The Balaban J connectivity index is 1.94. The van der Waals surface area contributed by atoms with E-state index < -0.39 is 0 Å². The van der Waals surface area contributed by atoms with Crippen molar-refractivity contribution in [2.45, 2.75) is 46.1 Å². The topological polar surface area (TPSA) is 41.1 Å². The lowest BCUT2D eigenvalue weighted by atomic mass is 10.1. The first-order valence-electron chi connectivity index (χ1n) is 7.06. The summed E-state index contributed by atoms with van der Waals surface area (Å²) in [6.45, 7) is 9.41. The smallest absolute Gasteiger partial charge is 0.137 e. The molecule has 1 aromatic heterocycles. The molecular formula is C14H23ClN4. The minimum Gasteiger partial charge on any atom is -0.368 e. The fourth-order valence-corrected chi connectivity index (χ4v) is 2.71. The van der Waals surface area contributed by atoms with Crippen LogP contribution < -0.4 is 5.32 Å². The molecule has 5 heteroatoms. The molecule has 0 spiro atoms. The highest BCUT2D eigenvalue weighted by Crippen LogP contribution is 2.20. The molecule has 4 nitrogen and oxygen atoms in total. The summed E-state index contributed by atoms with van der Waals surface area (Å²) in [4.78, 5) is 11.1. The van der Waals surface area contributed by atoms with Crippen LogP contribution in [0, 0.1) is 13.8 Å². The molecule has 106 valence electrons. The third-order valence-corrected chi connectivity index (χ3v) is 4.15. The van der Waals surface area contributed by atoms with Crippen LogP contribution in [0.4, 0.5) is 5.82 Å². The van der Waals surface area contributed by atoms with E-state index in [0.717, 1.165) is 17.9 Å². The number of rotatable bonds is 4. The summed E-state index contributed by atoms with van der Waals surface area (Å²) in [7, 11) is 0. The van der Waals surface area contributed by atoms with Crippen LogP contribution in [-0.2, 0) is 0 Å². The lowest BCUT2D eigenvalue weighted by molar-refractivity contribution is 0.180. The maximum absolute atomic E-state index is 6.08. The van der Waals surface area contributed by atoms with Gasteiger partial charge in [-0.25, -0.2) is 9.97 Å². The number of likely N-dealkylation sites (tertiary alicyclic amines) is 1. The van der Waals surface area contributed by atoms with E-state index >= 15 is 0 Å². The van der Waals surface area contributed by atoms with E-state index in [-0.39, 0.29) is 0 Å². The SMILES string of the molecule is Cc1nc(Cl)c(C)c(NCC(C)N2CCCCC2)n1. The van der Waals surface area contributed by atoms with Crippen LogP contribution in [0.25, 0.3) is 0 Å². The number of piperidine rings is 1. The lowest BCUT2D eigenvalue weighted by Crippen LogP contribution is -2.41.